The Bertz CT molecular complexity index is 876. The number of amides is 2. The second-order valence-electron chi connectivity index (χ2n) is 8.34. The van der Waals surface area contributed by atoms with Gasteiger partial charge in [0.2, 0.25) is 21.8 Å². The minimum atomic E-state index is -3.55. The first kappa shape index (κ1) is 21.8. The lowest BCUT2D eigenvalue weighted by Gasteiger charge is -2.26. The number of hydrogen-bond donors (Lipinski definition) is 1. The van der Waals surface area contributed by atoms with Crippen LogP contribution in [0.15, 0.2) is 23.1 Å². The minimum absolute atomic E-state index is 0.197. The third-order valence-corrected chi connectivity index (χ3v) is 7.55. The molecule has 2 heterocycles. The van der Waals surface area contributed by atoms with Crippen LogP contribution in [0.4, 0.5) is 5.69 Å². The number of benzene rings is 1. The summed E-state index contributed by atoms with van der Waals surface area (Å²) < 4.78 is 27.5. The summed E-state index contributed by atoms with van der Waals surface area (Å²) in [6, 6.07) is 4.21. The van der Waals surface area contributed by atoms with Crippen LogP contribution in [0.2, 0.25) is 0 Å². The first-order chi connectivity index (χ1) is 13.7. The van der Waals surface area contributed by atoms with E-state index >= 15 is 0 Å². The van der Waals surface area contributed by atoms with E-state index in [0.717, 1.165) is 31.2 Å². The van der Waals surface area contributed by atoms with Gasteiger partial charge in [0.15, 0.2) is 0 Å². The number of piperidine rings is 1. The number of nitrogens with one attached hydrogen (secondary N) is 1. The number of fused-ring (bicyclic) bond motifs is 1. The summed E-state index contributed by atoms with van der Waals surface area (Å²) in [6.45, 7) is 7.25. The Labute approximate surface area is 173 Å². The van der Waals surface area contributed by atoms with Crippen molar-refractivity contribution in [1.29, 1.82) is 0 Å². The van der Waals surface area contributed by atoms with E-state index in [2.05, 4.69) is 19.2 Å². The van der Waals surface area contributed by atoms with Crippen LogP contribution in [-0.4, -0.2) is 50.2 Å². The molecule has 8 heteroatoms. The number of rotatable bonds is 6. The Morgan fingerprint density at radius 3 is 2.48 bits per heavy atom. The van der Waals surface area contributed by atoms with Crippen molar-refractivity contribution in [3.8, 4) is 0 Å². The lowest BCUT2D eigenvalue weighted by atomic mass is 10.1. The highest BCUT2D eigenvalue weighted by Crippen LogP contribution is 2.35. The zero-order chi connectivity index (χ0) is 21.2. The van der Waals surface area contributed by atoms with Crippen molar-refractivity contribution < 1.29 is 18.0 Å². The molecule has 0 saturated carbocycles. The largest absolute Gasteiger partial charge is 0.354 e. The van der Waals surface area contributed by atoms with E-state index in [0.29, 0.717) is 37.7 Å². The van der Waals surface area contributed by atoms with Crippen molar-refractivity contribution >= 4 is 27.5 Å². The van der Waals surface area contributed by atoms with Gasteiger partial charge in [-0.1, -0.05) is 20.3 Å². The quantitative estimate of drug-likeness (QED) is 0.764. The van der Waals surface area contributed by atoms with Crippen molar-refractivity contribution in [3.05, 3.63) is 23.8 Å². The molecule has 1 unspecified atom stereocenters. The summed E-state index contributed by atoms with van der Waals surface area (Å²) in [5.74, 6) is 0.0550. The molecule has 1 aromatic carbocycles. The van der Waals surface area contributed by atoms with Crippen molar-refractivity contribution in [3.63, 3.8) is 0 Å². The van der Waals surface area contributed by atoms with E-state index in [-0.39, 0.29) is 16.7 Å². The summed E-state index contributed by atoms with van der Waals surface area (Å²) >= 11 is 0. The first-order valence-corrected chi connectivity index (χ1v) is 11.9. The molecular weight excluding hydrogens is 390 g/mol. The van der Waals surface area contributed by atoms with Crippen LogP contribution < -0.4 is 10.2 Å². The monoisotopic (exact) mass is 421 g/mol. The molecule has 160 valence electrons. The minimum Gasteiger partial charge on any atom is -0.354 e. The summed E-state index contributed by atoms with van der Waals surface area (Å²) in [7, 11) is -3.55. The van der Waals surface area contributed by atoms with Crippen molar-refractivity contribution in [2.45, 2.75) is 63.8 Å². The maximum Gasteiger partial charge on any atom is 0.243 e. The zero-order valence-corrected chi connectivity index (χ0v) is 18.3. The van der Waals surface area contributed by atoms with Crippen LogP contribution in [0.1, 0.15) is 52.0 Å². The molecule has 2 aliphatic rings. The molecule has 2 amide bonds. The average Bonchev–Trinajstić information content (AvgIpc) is 3.07. The van der Waals surface area contributed by atoms with Crippen LogP contribution in [-0.2, 0) is 26.0 Å². The highest BCUT2D eigenvalue weighted by atomic mass is 32.2. The van der Waals surface area contributed by atoms with Gasteiger partial charge in [-0.05, 0) is 48.9 Å². The zero-order valence-electron chi connectivity index (χ0n) is 17.5. The average molecular weight is 422 g/mol. The molecule has 2 aliphatic heterocycles. The molecule has 0 radical (unpaired) electrons. The van der Waals surface area contributed by atoms with Gasteiger partial charge in [0.05, 0.1) is 4.90 Å². The van der Waals surface area contributed by atoms with Gasteiger partial charge < -0.3 is 5.32 Å². The van der Waals surface area contributed by atoms with E-state index in [4.69, 9.17) is 0 Å². The molecule has 0 bridgehead atoms. The molecule has 29 heavy (non-hydrogen) atoms. The predicted molar refractivity (Wildman–Crippen MR) is 112 cm³/mol. The van der Waals surface area contributed by atoms with Gasteiger partial charge in [0, 0.05) is 38.7 Å². The lowest BCUT2D eigenvalue weighted by molar-refractivity contribution is -0.125. The van der Waals surface area contributed by atoms with E-state index in [1.807, 2.05) is 0 Å². The maximum atomic E-state index is 13.0. The molecule has 1 saturated heterocycles. The molecule has 3 rings (SSSR count). The van der Waals surface area contributed by atoms with Crippen molar-refractivity contribution in [2.75, 3.05) is 24.5 Å². The Balaban J connectivity index is 1.83. The molecule has 0 aromatic heterocycles. The first-order valence-electron chi connectivity index (χ1n) is 10.4. The van der Waals surface area contributed by atoms with Gasteiger partial charge in [0.1, 0.15) is 6.04 Å². The van der Waals surface area contributed by atoms with Crippen LogP contribution in [0, 0.1) is 5.92 Å². The smallest absolute Gasteiger partial charge is 0.243 e. The topological polar surface area (TPSA) is 86.8 Å². The number of nitrogens with zero attached hydrogens (tertiary/aromatic N) is 2. The Hall–Kier alpha value is -1.93. The molecule has 1 fully saturated rings. The number of hydrogen-bond acceptors (Lipinski definition) is 4. The number of carbonyl (C=O) groups excluding carboxylic acids is 2. The van der Waals surface area contributed by atoms with Gasteiger partial charge in [-0.15, -0.1) is 0 Å². The predicted octanol–water partition coefficient (Wildman–Crippen LogP) is 2.30. The summed E-state index contributed by atoms with van der Waals surface area (Å²) in [5.41, 5.74) is 1.35. The van der Waals surface area contributed by atoms with E-state index in [9.17, 15) is 18.0 Å². The summed E-state index contributed by atoms with van der Waals surface area (Å²) in [4.78, 5) is 26.7. The Morgan fingerprint density at radius 1 is 1.17 bits per heavy atom. The second kappa shape index (κ2) is 8.83. The van der Waals surface area contributed by atoms with Crippen LogP contribution in [0.25, 0.3) is 0 Å². The fourth-order valence-corrected chi connectivity index (χ4v) is 5.61. The molecule has 1 atom stereocenters. The van der Waals surface area contributed by atoms with Crippen LogP contribution in [0.3, 0.4) is 0 Å². The van der Waals surface area contributed by atoms with E-state index < -0.39 is 16.1 Å². The van der Waals surface area contributed by atoms with E-state index in [1.54, 1.807) is 18.2 Å². The molecule has 0 spiro atoms. The number of carbonyl (C=O) groups is 2. The SMILES string of the molecule is CC(=O)N1c2ccc(S(=O)(=O)N3CCCCC3)cc2CC1C(=O)NCCC(C)C. The van der Waals surface area contributed by atoms with Crippen LogP contribution in [0.5, 0.6) is 0 Å². The third-order valence-electron chi connectivity index (χ3n) is 5.65. The van der Waals surface area contributed by atoms with Crippen LogP contribution >= 0.6 is 0 Å². The van der Waals surface area contributed by atoms with Gasteiger partial charge in [-0.25, -0.2) is 8.42 Å². The normalized spacial score (nSPS) is 20.0. The molecule has 1 N–H and O–H groups in total. The van der Waals surface area contributed by atoms with Gasteiger partial charge in [-0.2, -0.15) is 4.31 Å². The van der Waals surface area contributed by atoms with Gasteiger partial charge in [-0.3, -0.25) is 14.5 Å². The second-order valence-corrected chi connectivity index (χ2v) is 10.3. The lowest BCUT2D eigenvalue weighted by Crippen LogP contribution is -2.47. The number of anilines is 1. The Morgan fingerprint density at radius 2 is 1.86 bits per heavy atom. The standard InChI is InChI=1S/C21H31N3O4S/c1-15(2)9-10-22-21(26)20-14-17-13-18(7-8-19(17)24(20)16(3)25)29(27,28)23-11-5-4-6-12-23/h7-8,13,15,20H,4-6,9-12,14H2,1-3H3,(H,22,26). The molecular formula is C21H31N3O4S. The molecule has 0 aliphatic carbocycles. The van der Waals surface area contributed by atoms with Crippen molar-refractivity contribution in [2.24, 2.45) is 5.92 Å². The third kappa shape index (κ3) is 4.64. The highest BCUT2D eigenvalue weighted by molar-refractivity contribution is 7.89. The fourth-order valence-electron chi connectivity index (χ4n) is 4.04. The highest BCUT2D eigenvalue weighted by Gasteiger charge is 2.38. The summed E-state index contributed by atoms with van der Waals surface area (Å²) in [6.07, 6.45) is 3.99. The van der Waals surface area contributed by atoms with Gasteiger partial charge in [0.25, 0.3) is 0 Å². The maximum absolute atomic E-state index is 13.0. The van der Waals surface area contributed by atoms with E-state index in [1.165, 1.54) is 16.1 Å². The molecule has 7 nitrogen and oxygen atoms in total. The van der Waals surface area contributed by atoms with Crippen molar-refractivity contribution in [1.82, 2.24) is 9.62 Å². The molecule has 1 aromatic rings. The van der Waals surface area contributed by atoms with Gasteiger partial charge >= 0.3 is 0 Å². The summed E-state index contributed by atoms with van der Waals surface area (Å²) in [5, 5.41) is 2.91. The number of sulfonamides is 1. The fraction of sp³-hybridized carbons (Fsp3) is 0.619. The Kier molecular flexibility index (Phi) is 6.63.